The van der Waals surface area contributed by atoms with E-state index in [0.29, 0.717) is 0 Å². The van der Waals surface area contributed by atoms with Crippen molar-refractivity contribution in [2.24, 2.45) is 0 Å². The van der Waals surface area contributed by atoms with E-state index >= 15 is 0 Å². The lowest BCUT2D eigenvalue weighted by Crippen LogP contribution is -2.45. The molecule has 0 saturated carbocycles. The number of nitrogens with one attached hydrogen (secondary N) is 1. The first-order valence-corrected chi connectivity index (χ1v) is 11.0. The smallest absolute Gasteiger partial charge is 0.0367 e. The molecule has 4 nitrogen and oxygen atoms in total. The Labute approximate surface area is 180 Å². The highest BCUT2D eigenvalue weighted by Crippen LogP contribution is 2.18. The monoisotopic (exact) mass is 400 g/mol. The fraction of sp³-hybridized carbons (Fsp3) is 0.308. The molecule has 4 heteroatoms. The lowest BCUT2D eigenvalue weighted by atomic mass is 10.2. The molecule has 4 rings (SSSR count). The van der Waals surface area contributed by atoms with Crippen molar-refractivity contribution in [2.75, 3.05) is 67.1 Å². The molecule has 1 aliphatic rings. The molecule has 1 heterocycles. The van der Waals surface area contributed by atoms with Crippen molar-refractivity contribution < 1.29 is 0 Å². The summed E-state index contributed by atoms with van der Waals surface area (Å²) in [6.07, 6.45) is 0. The van der Waals surface area contributed by atoms with Crippen molar-refractivity contribution in [3.05, 3.63) is 91.0 Å². The Balaban J connectivity index is 1.53. The van der Waals surface area contributed by atoms with Crippen LogP contribution in [0.3, 0.4) is 0 Å². The highest BCUT2D eigenvalue weighted by atomic mass is 15.2. The van der Waals surface area contributed by atoms with Gasteiger partial charge in [0.1, 0.15) is 0 Å². The molecule has 1 fully saturated rings. The molecule has 0 unspecified atom stereocenters. The normalized spacial score (nSPS) is 16.6. The minimum absolute atomic E-state index is 0.989. The van der Waals surface area contributed by atoms with Crippen LogP contribution in [0.15, 0.2) is 91.0 Å². The molecule has 0 spiro atoms. The van der Waals surface area contributed by atoms with Crippen molar-refractivity contribution in [3.8, 4) is 0 Å². The molecule has 0 bridgehead atoms. The number of rotatable bonds is 3. The highest BCUT2D eigenvalue weighted by Gasteiger charge is 2.14. The van der Waals surface area contributed by atoms with Crippen LogP contribution in [0.25, 0.3) is 0 Å². The zero-order valence-corrected chi connectivity index (χ0v) is 17.7. The number of para-hydroxylation sites is 3. The van der Waals surface area contributed by atoms with Crippen molar-refractivity contribution in [3.63, 3.8) is 0 Å². The minimum Gasteiger partial charge on any atom is -0.368 e. The summed E-state index contributed by atoms with van der Waals surface area (Å²) in [6, 6.07) is 32.4. The lowest BCUT2D eigenvalue weighted by Gasteiger charge is -2.34. The van der Waals surface area contributed by atoms with E-state index < -0.39 is 0 Å². The molecule has 1 N–H and O–H groups in total. The van der Waals surface area contributed by atoms with Crippen LogP contribution < -0.4 is 20.0 Å². The standard InChI is InChI=1S/C26H32N4/c1-4-10-24(11-5-1)28-18-16-27-17-19-29(25-12-6-2-7-13-25)21-23-30(22-20-28)26-14-8-3-9-15-26/h1-15,27H,16-23H2. The van der Waals surface area contributed by atoms with Gasteiger partial charge < -0.3 is 20.0 Å². The van der Waals surface area contributed by atoms with Crippen molar-refractivity contribution in [1.29, 1.82) is 0 Å². The van der Waals surface area contributed by atoms with Gasteiger partial charge in [-0.25, -0.2) is 0 Å². The van der Waals surface area contributed by atoms with Gasteiger partial charge in [0.15, 0.2) is 0 Å². The number of nitrogens with zero attached hydrogens (tertiary/aromatic N) is 3. The lowest BCUT2D eigenvalue weighted by molar-refractivity contribution is 0.615. The second-order valence-electron chi connectivity index (χ2n) is 7.72. The van der Waals surface area contributed by atoms with E-state index in [-0.39, 0.29) is 0 Å². The maximum absolute atomic E-state index is 3.65. The quantitative estimate of drug-likeness (QED) is 0.714. The first kappa shape index (κ1) is 20.3. The van der Waals surface area contributed by atoms with Crippen LogP contribution in [0.1, 0.15) is 0 Å². The first-order chi connectivity index (χ1) is 14.9. The highest BCUT2D eigenvalue weighted by molar-refractivity contribution is 5.50. The number of anilines is 3. The summed E-state index contributed by atoms with van der Waals surface area (Å²) >= 11 is 0. The summed E-state index contributed by atoms with van der Waals surface area (Å²) in [4.78, 5) is 7.53. The van der Waals surface area contributed by atoms with Crippen molar-refractivity contribution in [2.45, 2.75) is 0 Å². The SMILES string of the molecule is c1ccc(N2CCNCCN(c3ccccc3)CCN(c3ccccc3)CC2)cc1. The number of hydrogen-bond acceptors (Lipinski definition) is 4. The van der Waals surface area contributed by atoms with Gasteiger partial charge in [0, 0.05) is 69.4 Å². The van der Waals surface area contributed by atoms with Gasteiger partial charge in [-0.1, -0.05) is 54.6 Å². The van der Waals surface area contributed by atoms with E-state index in [4.69, 9.17) is 0 Å². The number of hydrogen-bond donors (Lipinski definition) is 1. The van der Waals surface area contributed by atoms with Gasteiger partial charge in [0.2, 0.25) is 0 Å². The van der Waals surface area contributed by atoms with Crippen LogP contribution in [0.5, 0.6) is 0 Å². The molecule has 1 saturated heterocycles. The van der Waals surface area contributed by atoms with E-state index in [1.165, 1.54) is 17.1 Å². The molecule has 0 atom stereocenters. The summed E-state index contributed by atoms with van der Waals surface area (Å²) in [6.45, 7) is 8.02. The average Bonchev–Trinajstić information content (AvgIpc) is 2.81. The molecule has 0 radical (unpaired) electrons. The Bertz CT molecular complexity index is 800. The maximum atomic E-state index is 3.65. The zero-order chi connectivity index (χ0) is 20.4. The van der Waals surface area contributed by atoms with Crippen LogP contribution in [-0.2, 0) is 0 Å². The van der Waals surface area contributed by atoms with Crippen molar-refractivity contribution in [1.82, 2.24) is 5.32 Å². The summed E-state index contributed by atoms with van der Waals surface area (Å²) in [5.74, 6) is 0. The van der Waals surface area contributed by atoms with Crippen LogP contribution in [-0.4, -0.2) is 52.4 Å². The molecule has 3 aromatic rings. The Hall–Kier alpha value is -2.98. The molecule has 1 aliphatic heterocycles. The molecular formula is C26H32N4. The summed E-state index contributed by atoms with van der Waals surface area (Å²) in [7, 11) is 0. The van der Waals surface area contributed by atoms with Crippen molar-refractivity contribution >= 4 is 17.1 Å². The largest absolute Gasteiger partial charge is 0.368 e. The predicted molar refractivity (Wildman–Crippen MR) is 129 cm³/mol. The van der Waals surface area contributed by atoms with E-state index in [9.17, 15) is 0 Å². The topological polar surface area (TPSA) is 21.8 Å². The molecule has 0 amide bonds. The minimum atomic E-state index is 0.989. The fourth-order valence-corrected chi connectivity index (χ4v) is 4.06. The first-order valence-electron chi connectivity index (χ1n) is 11.0. The zero-order valence-electron chi connectivity index (χ0n) is 17.7. The summed E-state index contributed by atoms with van der Waals surface area (Å²) < 4.78 is 0. The Morgan fingerprint density at radius 3 is 1.03 bits per heavy atom. The van der Waals surface area contributed by atoms with Gasteiger partial charge in [0.25, 0.3) is 0 Å². The van der Waals surface area contributed by atoms with Gasteiger partial charge in [-0.05, 0) is 36.4 Å². The second kappa shape index (κ2) is 10.7. The second-order valence-corrected chi connectivity index (χ2v) is 7.72. The molecular weight excluding hydrogens is 368 g/mol. The van der Waals surface area contributed by atoms with Gasteiger partial charge >= 0.3 is 0 Å². The summed E-state index contributed by atoms with van der Waals surface area (Å²) in [5, 5.41) is 3.65. The van der Waals surface area contributed by atoms with Crippen LogP contribution in [0, 0.1) is 0 Å². The van der Waals surface area contributed by atoms with Gasteiger partial charge in [-0.3, -0.25) is 0 Å². The van der Waals surface area contributed by atoms with Gasteiger partial charge in [0.05, 0.1) is 0 Å². The Morgan fingerprint density at radius 2 is 0.700 bits per heavy atom. The Kier molecular flexibility index (Phi) is 7.24. The molecule has 0 aliphatic carbocycles. The third-order valence-corrected chi connectivity index (χ3v) is 5.76. The predicted octanol–water partition coefficient (Wildman–Crippen LogP) is 4.11. The van der Waals surface area contributed by atoms with Gasteiger partial charge in [-0.15, -0.1) is 0 Å². The molecule has 30 heavy (non-hydrogen) atoms. The molecule has 3 aromatic carbocycles. The van der Waals surface area contributed by atoms with E-state index in [2.05, 4.69) is 111 Å². The van der Waals surface area contributed by atoms with Crippen LogP contribution >= 0.6 is 0 Å². The van der Waals surface area contributed by atoms with E-state index in [1.54, 1.807) is 0 Å². The third kappa shape index (κ3) is 5.55. The van der Waals surface area contributed by atoms with Crippen LogP contribution in [0.4, 0.5) is 17.1 Å². The van der Waals surface area contributed by atoms with Gasteiger partial charge in [-0.2, -0.15) is 0 Å². The summed E-state index contributed by atoms with van der Waals surface area (Å²) in [5.41, 5.74) is 3.90. The van der Waals surface area contributed by atoms with E-state index in [1.807, 2.05) is 0 Å². The Morgan fingerprint density at radius 1 is 0.400 bits per heavy atom. The average molecular weight is 401 g/mol. The van der Waals surface area contributed by atoms with Crippen LogP contribution in [0.2, 0.25) is 0 Å². The van der Waals surface area contributed by atoms with E-state index in [0.717, 1.165) is 52.4 Å². The maximum Gasteiger partial charge on any atom is 0.0367 e. The number of benzene rings is 3. The molecule has 156 valence electrons. The fourth-order valence-electron chi connectivity index (χ4n) is 4.06. The molecule has 0 aromatic heterocycles. The third-order valence-electron chi connectivity index (χ3n) is 5.76.